The van der Waals surface area contributed by atoms with Gasteiger partial charge in [0.1, 0.15) is 5.60 Å². The van der Waals surface area contributed by atoms with Crippen LogP contribution >= 0.6 is 7.82 Å². The van der Waals surface area contributed by atoms with Crippen molar-refractivity contribution in [3.05, 3.63) is 0 Å². The first-order valence-electron chi connectivity index (χ1n) is 3.84. The van der Waals surface area contributed by atoms with Gasteiger partial charge in [-0.25, -0.2) is 0 Å². The van der Waals surface area contributed by atoms with E-state index in [1.54, 1.807) is 0 Å². The monoisotopic (exact) mass is 340 g/mol. The molecular weight excluding hydrogens is 335 g/mol. The Morgan fingerprint density at radius 2 is 1.16 bits per heavy atom. The predicted molar refractivity (Wildman–Crippen MR) is 36.8 cm³/mol. The summed E-state index contributed by atoms with van der Waals surface area (Å²) in [7, 11) is -5.39. The van der Waals surface area contributed by atoms with Gasteiger partial charge in [-0.3, -0.25) is 0 Å². The molecule has 0 radical (unpaired) electrons. The number of carboxylic acids is 3. The maximum absolute atomic E-state index is 10.1. The van der Waals surface area contributed by atoms with Gasteiger partial charge in [0.25, 0.3) is 0 Å². The van der Waals surface area contributed by atoms with E-state index in [9.17, 15) is 29.7 Å². The first kappa shape index (κ1) is 23.1. The number of carbonyl (C=O) groups excluding carboxylic acids is 3. The number of rotatable bonds is 5. The molecule has 0 atom stereocenters. The molecule has 0 rings (SSSR count). The number of carboxylic acid groups (broad SMARTS) is 3. The maximum Gasteiger partial charge on any atom is 6.00 e. The Hall–Kier alpha value is -1.00. The molecule has 1 N–H and O–H groups in total. The van der Waals surface area contributed by atoms with E-state index in [-0.39, 0.29) is 17.1 Å². The molecule has 0 aliphatic heterocycles. The van der Waals surface area contributed by atoms with Crippen LogP contribution in [0.1, 0.15) is 12.8 Å². The second-order valence-corrected chi connectivity index (χ2v) is 3.76. The maximum atomic E-state index is 10.1. The van der Waals surface area contributed by atoms with Gasteiger partial charge in [0.2, 0.25) is 0 Å². The molecule has 0 aliphatic rings. The van der Waals surface area contributed by atoms with Crippen molar-refractivity contribution in [2.45, 2.75) is 18.4 Å². The van der Waals surface area contributed by atoms with Gasteiger partial charge in [-0.2, -0.15) is 7.82 Å². The van der Waals surface area contributed by atoms with E-state index in [4.69, 9.17) is 24.4 Å². The molecule has 0 fully saturated rings. The van der Waals surface area contributed by atoms with Crippen LogP contribution in [0.25, 0.3) is 0 Å². The average molecular weight is 340 g/mol. The number of hydrogen-bond donors (Lipinski definition) is 1. The summed E-state index contributed by atoms with van der Waals surface area (Å²) in [6.45, 7) is 0. The average Bonchev–Trinajstić information content (AvgIpc) is 1.95. The van der Waals surface area contributed by atoms with Crippen LogP contribution in [0.3, 0.4) is 0 Å². The van der Waals surface area contributed by atoms with E-state index in [0.29, 0.717) is 0 Å². The molecule has 0 unspecified atom stereocenters. The second-order valence-electron chi connectivity index (χ2n) is 2.86. The largest absolute Gasteiger partial charge is 6.00 e. The van der Waals surface area contributed by atoms with Crippen molar-refractivity contribution in [3.8, 4) is 0 Å². The quantitative estimate of drug-likeness (QED) is 0.365. The molecule has 0 heterocycles. The van der Waals surface area contributed by atoms with Crippen LogP contribution in [0.2, 0.25) is 0 Å². The van der Waals surface area contributed by atoms with E-state index in [1.807, 2.05) is 0 Å². The summed E-state index contributed by atoms with van der Waals surface area (Å²) in [4.78, 5) is 55.6. The summed E-state index contributed by atoms with van der Waals surface area (Å²) >= 11 is 0. The molecular formula is C6H5FeO11P. The minimum Gasteiger partial charge on any atom is -0.822 e. The van der Waals surface area contributed by atoms with Gasteiger partial charge in [-0.15, -0.1) is 0 Å². The Morgan fingerprint density at radius 3 is 1.26 bits per heavy atom. The van der Waals surface area contributed by atoms with Gasteiger partial charge < -0.3 is 54.1 Å². The minimum absolute atomic E-state index is 0. The third kappa shape index (κ3) is 17.0. The number of aliphatic hydroxyl groups is 1. The fourth-order valence-electron chi connectivity index (χ4n) is 0.684. The van der Waals surface area contributed by atoms with Gasteiger partial charge in [0.15, 0.2) is 0 Å². The van der Waals surface area contributed by atoms with E-state index < -0.39 is 44.2 Å². The molecule has 11 nitrogen and oxygen atoms in total. The summed E-state index contributed by atoms with van der Waals surface area (Å²) in [5.74, 6) is -5.98. The molecule has 0 aliphatic carbocycles. The van der Waals surface area contributed by atoms with Crippen LogP contribution in [0, 0.1) is 0 Å². The summed E-state index contributed by atoms with van der Waals surface area (Å²) in [5, 5.41) is 38.9. The molecule has 0 bridgehead atoms. The zero-order chi connectivity index (χ0) is 15.1. The van der Waals surface area contributed by atoms with Crippen LogP contribution in [0.15, 0.2) is 0 Å². The normalized spacial score (nSPS) is 10.5. The Balaban J connectivity index is -0.000000366. The molecule has 0 spiro atoms. The van der Waals surface area contributed by atoms with E-state index in [0.717, 1.165) is 0 Å². The fraction of sp³-hybridized carbons (Fsp3) is 0.500. The van der Waals surface area contributed by atoms with Crippen LogP contribution in [0.4, 0.5) is 0 Å². The van der Waals surface area contributed by atoms with Crippen molar-refractivity contribution >= 4 is 25.7 Å². The van der Waals surface area contributed by atoms with Crippen molar-refractivity contribution in [2.24, 2.45) is 0 Å². The van der Waals surface area contributed by atoms with Crippen LogP contribution in [-0.2, 0) is 36.0 Å². The van der Waals surface area contributed by atoms with Gasteiger partial charge in [-0.05, 0) is 0 Å². The van der Waals surface area contributed by atoms with Crippen LogP contribution in [0.5, 0.6) is 0 Å². The van der Waals surface area contributed by atoms with Gasteiger partial charge in [-0.1, -0.05) is 0 Å². The van der Waals surface area contributed by atoms with Gasteiger partial charge in [0, 0.05) is 24.8 Å². The van der Waals surface area contributed by atoms with Crippen molar-refractivity contribution < 1.29 is 71.1 Å². The molecule has 0 aromatic heterocycles. The molecule has 0 saturated carbocycles. The Labute approximate surface area is 116 Å². The molecule has 0 amide bonds. The van der Waals surface area contributed by atoms with Gasteiger partial charge in [0.05, 0.1) is 5.97 Å². The Morgan fingerprint density at radius 1 is 0.947 bits per heavy atom. The van der Waals surface area contributed by atoms with Crippen molar-refractivity contribution in [2.75, 3.05) is 0 Å². The van der Waals surface area contributed by atoms with E-state index >= 15 is 0 Å². The first-order chi connectivity index (χ1) is 7.78. The van der Waals surface area contributed by atoms with Crippen molar-refractivity contribution in [1.29, 1.82) is 0 Å². The molecule has 108 valence electrons. The molecule has 0 aromatic carbocycles. The Bertz CT molecular complexity index is 349. The summed E-state index contributed by atoms with van der Waals surface area (Å²) < 4.78 is 8.55. The number of carbonyl (C=O) groups is 3. The smallest absolute Gasteiger partial charge is 0.822 e. The van der Waals surface area contributed by atoms with E-state index in [2.05, 4.69) is 0 Å². The molecule has 0 aromatic rings. The fourth-order valence-corrected chi connectivity index (χ4v) is 0.684. The Kier molecular flexibility index (Phi) is 10.9. The SMILES string of the molecule is O=C([O-])CC(O)(CC(=O)[O-])C(=O)[O-].O=P([O-])([O-])[O-].[Fe+6]. The number of hydrogen-bond acceptors (Lipinski definition) is 11. The number of phosphoric acid groups is 1. The van der Waals surface area contributed by atoms with Crippen molar-refractivity contribution in [1.82, 2.24) is 0 Å². The van der Waals surface area contributed by atoms with Gasteiger partial charge >= 0.3 is 17.1 Å². The van der Waals surface area contributed by atoms with Crippen LogP contribution in [-0.4, -0.2) is 28.6 Å². The van der Waals surface area contributed by atoms with Crippen molar-refractivity contribution in [3.63, 3.8) is 0 Å². The summed E-state index contributed by atoms with van der Waals surface area (Å²) in [5.41, 5.74) is -2.97. The topological polar surface area (TPSA) is 227 Å². The zero-order valence-corrected chi connectivity index (χ0v) is 10.7. The van der Waals surface area contributed by atoms with Crippen LogP contribution < -0.4 is 30.0 Å². The predicted octanol–water partition coefficient (Wildman–Crippen LogP) is -8.08. The molecule has 19 heavy (non-hydrogen) atoms. The molecule has 0 saturated heterocycles. The number of aliphatic carboxylic acids is 3. The van der Waals surface area contributed by atoms with E-state index in [1.165, 1.54) is 0 Å². The zero-order valence-electron chi connectivity index (χ0n) is 8.74. The third-order valence-electron chi connectivity index (χ3n) is 1.25. The summed E-state index contributed by atoms with van der Waals surface area (Å²) in [6, 6.07) is 0. The molecule has 13 heteroatoms. The summed E-state index contributed by atoms with van der Waals surface area (Å²) in [6.07, 6.45) is -2.72. The standard InChI is InChI=1S/C6H8O7.Fe.H3O4P/c7-3(8)1-6(13,5(11)12)2-4(9)10;;1-5(2,3)4/h13H,1-2H2,(H,7,8)(H,9,10)(H,11,12);;(H3,1,2,3,4)/q;+6;/p-6. The first-order valence-corrected chi connectivity index (χ1v) is 5.30. The third-order valence-corrected chi connectivity index (χ3v) is 1.25. The second kappa shape index (κ2) is 8.99. The minimum atomic E-state index is -5.39.